The zero-order valence-corrected chi connectivity index (χ0v) is 14.0. The average molecular weight is 329 g/mol. The van der Waals surface area contributed by atoms with Gasteiger partial charge in [-0.25, -0.2) is 4.79 Å². The number of hydrogen-bond acceptors (Lipinski definition) is 4. The van der Waals surface area contributed by atoms with E-state index in [9.17, 15) is 9.59 Å². The molecule has 0 spiro atoms. The zero-order valence-electron chi connectivity index (χ0n) is 13.2. The second kappa shape index (κ2) is 8.39. The smallest absolute Gasteiger partial charge is 0.338 e. The van der Waals surface area contributed by atoms with Gasteiger partial charge in [0.15, 0.2) is 6.61 Å². The molecule has 4 nitrogen and oxygen atoms in total. The number of aryl methyl sites for hydroxylation is 1. The molecule has 5 heteroatoms. The Hall–Kier alpha value is -2.27. The summed E-state index contributed by atoms with van der Waals surface area (Å²) in [5, 5.41) is 2.71. The Labute approximate surface area is 140 Å². The third-order valence-corrected chi connectivity index (χ3v) is 4.01. The van der Waals surface area contributed by atoms with E-state index in [-0.39, 0.29) is 12.5 Å². The summed E-state index contributed by atoms with van der Waals surface area (Å²) >= 11 is 1.59. The van der Waals surface area contributed by atoms with Crippen molar-refractivity contribution in [3.05, 3.63) is 59.7 Å². The molecule has 2 rings (SSSR count). The Balaban J connectivity index is 1.86. The third-order valence-electron chi connectivity index (χ3n) is 3.29. The van der Waals surface area contributed by atoms with Gasteiger partial charge in [-0.2, -0.15) is 0 Å². The first-order chi connectivity index (χ1) is 11.1. The van der Waals surface area contributed by atoms with Gasteiger partial charge in [-0.3, -0.25) is 4.79 Å². The van der Waals surface area contributed by atoms with E-state index in [4.69, 9.17) is 4.74 Å². The molecule has 0 saturated carbocycles. The molecular formula is C18H19NO3S. The second-order valence-corrected chi connectivity index (χ2v) is 5.79. The van der Waals surface area contributed by atoms with Crippen LogP contribution in [0.4, 0.5) is 5.69 Å². The number of hydrogen-bond donors (Lipinski definition) is 1. The van der Waals surface area contributed by atoms with Gasteiger partial charge in [-0.1, -0.05) is 25.1 Å². The lowest BCUT2D eigenvalue weighted by atomic mass is 10.1. The van der Waals surface area contributed by atoms with Gasteiger partial charge in [0, 0.05) is 10.6 Å². The fourth-order valence-corrected chi connectivity index (χ4v) is 2.45. The van der Waals surface area contributed by atoms with Crippen molar-refractivity contribution in [3.63, 3.8) is 0 Å². The van der Waals surface area contributed by atoms with Crippen molar-refractivity contribution in [2.45, 2.75) is 18.2 Å². The highest BCUT2D eigenvalue weighted by Gasteiger charge is 2.10. The lowest BCUT2D eigenvalue weighted by Crippen LogP contribution is -2.20. The van der Waals surface area contributed by atoms with Crippen LogP contribution in [0.5, 0.6) is 0 Å². The lowest BCUT2D eigenvalue weighted by molar-refractivity contribution is -0.119. The first-order valence-corrected chi connectivity index (χ1v) is 8.55. The van der Waals surface area contributed by atoms with Crippen molar-refractivity contribution in [3.8, 4) is 0 Å². The molecule has 0 saturated heterocycles. The Morgan fingerprint density at radius 3 is 2.52 bits per heavy atom. The predicted molar refractivity (Wildman–Crippen MR) is 93.0 cm³/mol. The molecule has 0 aliphatic carbocycles. The summed E-state index contributed by atoms with van der Waals surface area (Å²) in [4.78, 5) is 24.8. The van der Waals surface area contributed by atoms with E-state index in [0.29, 0.717) is 11.3 Å². The van der Waals surface area contributed by atoms with E-state index in [1.54, 1.807) is 30.0 Å². The van der Waals surface area contributed by atoms with E-state index in [0.717, 1.165) is 16.9 Å². The highest BCUT2D eigenvalue weighted by molar-refractivity contribution is 7.98. The minimum atomic E-state index is -0.499. The van der Waals surface area contributed by atoms with Crippen molar-refractivity contribution >= 4 is 29.3 Å². The van der Waals surface area contributed by atoms with E-state index in [2.05, 4.69) is 5.32 Å². The molecule has 2 aromatic carbocycles. The summed E-state index contributed by atoms with van der Waals surface area (Å²) in [6.07, 6.45) is 2.87. The predicted octanol–water partition coefficient (Wildman–Crippen LogP) is 3.77. The number of anilines is 1. The summed E-state index contributed by atoms with van der Waals surface area (Å²) in [7, 11) is 0. The zero-order chi connectivity index (χ0) is 16.7. The van der Waals surface area contributed by atoms with Crippen molar-refractivity contribution in [1.29, 1.82) is 0 Å². The number of carbonyl (C=O) groups excluding carboxylic acids is 2. The quantitative estimate of drug-likeness (QED) is 0.647. The van der Waals surface area contributed by atoms with Gasteiger partial charge in [-0.15, -0.1) is 11.8 Å². The number of esters is 1. The maximum absolute atomic E-state index is 11.9. The molecule has 0 aliphatic rings. The molecule has 23 heavy (non-hydrogen) atoms. The lowest BCUT2D eigenvalue weighted by Gasteiger charge is -2.08. The van der Waals surface area contributed by atoms with Crippen LogP contribution in [0.15, 0.2) is 53.4 Å². The monoisotopic (exact) mass is 329 g/mol. The molecule has 2 aromatic rings. The molecule has 0 atom stereocenters. The fourth-order valence-electron chi connectivity index (χ4n) is 1.99. The van der Waals surface area contributed by atoms with Crippen molar-refractivity contribution in [1.82, 2.24) is 0 Å². The van der Waals surface area contributed by atoms with Crippen molar-refractivity contribution < 1.29 is 14.3 Å². The standard InChI is InChI=1S/C18H19NO3S/c1-3-13-7-9-14(10-8-13)18(21)22-12-17(20)19-15-5-4-6-16(11-15)23-2/h4-11H,3,12H2,1-2H3,(H,19,20). The maximum atomic E-state index is 11.9. The topological polar surface area (TPSA) is 55.4 Å². The molecule has 0 fully saturated rings. The van der Waals surface area contributed by atoms with E-state index >= 15 is 0 Å². The summed E-state index contributed by atoms with van der Waals surface area (Å²) in [5.74, 6) is -0.859. The summed E-state index contributed by atoms with van der Waals surface area (Å²) in [6, 6.07) is 14.7. The van der Waals surface area contributed by atoms with Gasteiger partial charge in [0.2, 0.25) is 0 Å². The van der Waals surface area contributed by atoms with Gasteiger partial charge in [0.05, 0.1) is 5.56 Å². The first-order valence-electron chi connectivity index (χ1n) is 7.32. The molecule has 0 unspecified atom stereocenters. The molecule has 0 radical (unpaired) electrons. The summed E-state index contributed by atoms with van der Waals surface area (Å²) < 4.78 is 5.04. The van der Waals surface area contributed by atoms with Gasteiger partial charge >= 0.3 is 5.97 Å². The number of ether oxygens (including phenoxy) is 1. The minimum absolute atomic E-state index is 0.308. The number of rotatable bonds is 6. The molecular weight excluding hydrogens is 310 g/mol. The number of benzene rings is 2. The Kier molecular flexibility index (Phi) is 6.23. The van der Waals surface area contributed by atoms with Gasteiger partial charge in [0.1, 0.15) is 0 Å². The van der Waals surface area contributed by atoms with Crippen LogP contribution in [-0.2, 0) is 16.0 Å². The normalized spacial score (nSPS) is 10.2. The van der Waals surface area contributed by atoms with E-state index < -0.39 is 5.97 Å². The van der Waals surface area contributed by atoms with Gasteiger partial charge < -0.3 is 10.1 Å². The minimum Gasteiger partial charge on any atom is -0.452 e. The fraction of sp³-hybridized carbons (Fsp3) is 0.222. The molecule has 1 N–H and O–H groups in total. The Morgan fingerprint density at radius 2 is 1.87 bits per heavy atom. The van der Waals surface area contributed by atoms with Crippen LogP contribution in [0.1, 0.15) is 22.8 Å². The van der Waals surface area contributed by atoms with Crippen LogP contribution >= 0.6 is 11.8 Å². The summed E-state index contributed by atoms with van der Waals surface area (Å²) in [5.41, 5.74) is 2.28. The number of amides is 1. The van der Waals surface area contributed by atoms with E-state index in [1.807, 2.05) is 43.5 Å². The highest BCUT2D eigenvalue weighted by atomic mass is 32.2. The average Bonchev–Trinajstić information content (AvgIpc) is 2.60. The number of carbonyl (C=O) groups is 2. The molecule has 0 bridgehead atoms. The summed E-state index contributed by atoms with van der Waals surface area (Å²) in [6.45, 7) is 1.74. The maximum Gasteiger partial charge on any atom is 0.338 e. The van der Waals surface area contributed by atoms with Crippen LogP contribution in [-0.4, -0.2) is 24.7 Å². The van der Waals surface area contributed by atoms with Crippen LogP contribution < -0.4 is 5.32 Å². The largest absolute Gasteiger partial charge is 0.452 e. The molecule has 0 heterocycles. The van der Waals surface area contributed by atoms with Crippen molar-refractivity contribution in [2.24, 2.45) is 0 Å². The van der Waals surface area contributed by atoms with Crippen LogP contribution in [0.3, 0.4) is 0 Å². The highest BCUT2D eigenvalue weighted by Crippen LogP contribution is 2.18. The Morgan fingerprint density at radius 1 is 1.13 bits per heavy atom. The van der Waals surface area contributed by atoms with Crippen LogP contribution in [0.25, 0.3) is 0 Å². The van der Waals surface area contributed by atoms with E-state index in [1.165, 1.54) is 0 Å². The van der Waals surface area contributed by atoms with Crippen molar-refractivity contribution in [2.75, 3.05) is 18.2 Å². The van der Waals surface area contributed by atoms with Crippen LogP contribution in [0, 0.1) is 0 Å². The Bertz CT molecular complexity index is 683. The van der Waals surface area contributed by atoms with Gasteiger partial charge in [0.25, 0.3) is 5.91 Å². The number of nitrogens with one attached hydrogen (secondary N) is 1. The molecule has 1 amide bonds. The third kappa shape index (κ3) is 5.14. The first kappa shape index (κ1) is 17.1. The van der Waals surface area contributed by atoms with Crippen LogP contribution in [0.2, 0.25) is 0 Å². The molecule has 0 aliphatic heterocycles. The van der Waals surface area contributed by atoms with Gasteiger partial charge in [-0.05, 0) is 48.6 Å². The second-order valence-electron chi connectivity index (χ2n) is 4.91. The molecule has 0 aromatic heterocycles. The number of thioether (sulfide) groups is 1. The SMILES string of the molecule is CCc1ccc(C(=O)OCC(=O)Nc2cccc(SC)c2)cc1. The molecule has 120 valence electrons.